The lowest BCUT2D eigenvalue weighted by Gasteiger charge is -2.60. The maximum atomic E-state index is 12.7. The van der Waals surface area contributed by atoms with Gasteiger partial charge in [-0.05, 0) is 56.6 Å². The number of carbonyl (C=O) groups is 1. The Labute approximate surface area is 166 Å². The lowest BCUT2D eigenvalue weighted by Crippen LogP contribution is -2.69. The third-order valence-electron chi connectivity index (χ3n) is 7.87. The standard InChI is InChI=1S/C23H30O5/c1-14-9-10-18-15(2)21(26-20(24)16-7-5-4-6-8-16)25-19-13-22(3)12-11-17(14)23(18,19)28-27-22/h4-8,14-15,17-19,21H,9-13H2,1-3H3/t14-,15-,17+,18+,19-,21+,22+,23-/m1/s1. The van der Waals surface area contributed by atoms with E-state index >= 15 is 0 Å². The molecule has 2 bridgehead atoms. The van der Waals surface area contributed by atoms with Gasteiger partial charge in [0.25, 0.3) is 0 Å². The van der Waals surface area contributed by atoms with Gasteiger partial charge in [0.2, 0.25) is 6.29 Å². The Kier molecular flexibility index (Phi) is 4.34. The molecule has 0 amide bonds. The predicted octanol–water partition coefficient (Wildman–Crippen LogP) is 4.51. The summed E-state index contributed by atoms with van der Waals surface area (Å²) in [5.74, 6) is 1.01. The van der Waals surface area contributed by atoms with E-state index in [2.05, 4.69) is 20.8 Å². The quantitative estimate of drug-likeness (QED) is 0.553. The molecule has 5 nitrogen and oxygen atoms in total. The molecule has 28 heavy (non-hydrogen) atoms. The van der Waals surface area contributed by atoms with Gasteiger partial charge in [-0.2, -0.15) is 0 Å². The molecule has 1 aromatic rings. The van der Waals surface area contributed by atoms with Crippen molar-refractivity contribution in [2.75, 3.05) is 0 Å². The highest BCUT2D eigenvalue weighted by atomic mass is 17.2. The molecule has 152 valence electrons. The van der Waals surface area contributed by atoms with Crippen LogP contribution in [0.15, 0.2) is 30.3 Å². The molecule has 3 saturated heterocycles. The predicted molar refractivity (Wildman–Crippen MR) is 102 cm³/mol. The summed E-state index contributed by atoms with van der Waals surface area (Å²) in [6.45, 7) is 6.58. The highest BCUT2D eigenvalue weighted by molar-refractivity contribution is 5.89. The Balaban J connectivity index is 1.46. The average Bonchev–Trinajstić information content (AvgIpc) is 2.92. The van der Waals surface area contributed by atoms with Crippen molar-refractivity contribution in [3.63, 3.8) is 0 Å². The van der Waals surface area contributed by atoms with Crippen molar-refractivity contribution in [1.82, 2.24) is 0 Å². The fourth-order valence-electron chi connectivity index (χ4n) is 6.30. The second-order valence-corrected chi connectivity index (χ2v) is 9.60. The first-order chi connectivity index (χ1) is 13.4. The summed E-state index contributed by atoms with van der Waals surface area (Å²) in [4.78, 5) is 24.9. The van der Waals surface area contributed by atoms with E-state index in [0.717, 1.165) is 25.7 Å². The summed E-state index contributed by atoms with van der Waals surface area (Å²) < 4.78 is 12.4. The van der Waals surface area contributed by atoms with Crippen LogP contribution < -0.4 is 0 Å². The molecule has 6 rings (SSSR count). The first kappa shape index (κ1) is 18.6. The van der Waals surface area contributed by atoms with Crippen LogP contribution in [0.5, 0.6) is 0 Å². The molecule has 8 atom stereocenters. The van der Waals surface area contributed by atoms with Crippen molar-refractivity contribution in [2.45, 2.75) is 76.5 Å². The molecule has 0 radical (unpaired) electrons. The van der Waals surface area contributed by atoms with Crippen molar-refractivity contribution in [3.8, 4) is 0 Å². The second-order valence-electron chi connectivity index (χ2n) is 9.60. The number of rotatable bonds is 2. The first-order valence-corrected chi connectivity index (χ1v) is 10.7. The van der Waals surface area contributed by atoms with Crippen molar-refractivity contribution in [1.29, 1.82) is 0 Å². The number of hydrogen-bond donors (Lipinski definition) is 0. The molecule has 3 heterocycles. The van der Waals surface area contributed by atoms with Crippen LogP contribution in [0.25, 0.3) is 0 Å². The van der Waals surface area contributed by atoms with Crippen LogP contribution in [0.1, 0.15) is 63.2 Å². The van der Waals surface area contributed by atoms with Gasteiger partial charge < -0.3 is 9.47 Å². The van der Waals surface area contributed by atoms with Gasteiger partial charge in [-0.25, -0.2) is 14.6 Å². The number of ether oxygens (including phenoxy) is 2. The zero-order valence-corrected chi connectivity index (χ0v) is 16.9. The fraction of sp³-hybridized carbons (Fsp3) is 0.696. The van der Waals surface area contributed by atoms with Gasteiger partial charge in [0, 0.05) is 18.3 Å². The summed E-state index contributed by atoms with van der Waals surface area (Å²) >= 11 is 0. The van der Waals surface area contributed by atoms with Crippen LogP contribution in [0.2, 0.25) is 0 Å². The molecule has 1 spiro atoms. The number of carbonyl (C=O) groups excluding carboxylic acids is 1. The summed E-state index contributed by atoms with van der Waals surface area (Å²) in [6, 6.07) is 9.15. The third kappa shape index (κ3) is 2.66. The molecule has 3 aliphatic heterocycles. The molecule has 1 aromatic carbocycles. The van der Waals surface area contributed by atoms with E-state index in [1.807, 2.05) is 18.2 Å². The molecule has 5 fully saturated rings. The minimum Gasteiger partial charge on any atom is -0.432 e. The van der Waals surface area contributed by atoms with E-state index in [4.69, 9.17) is 19.2 Å². The highest BCUT2D eigenvalue weighted by Crippen LogP contribution is 2.61. The molecule has 5 heteroatoms. The molecular formula is C23H30O5. The molecule has 2 aliphatic carbocycles. The molecule has 2 saturated carbocycles. The van der Waals surface area contributed by atoms with Crippen LogP contribution >= 0.6 is 0 Å². The normalized spacial score (nSPS) is 47.1. The highest BCUT2D eigenvalue weighted by Gasteiger charge is 2.68. The van der Waals surface area contributed by atoms with Gasteiger partial charge in [0.05, 0.1) is 11.7 Å². The van der Waals surface area contributed by atoms with E-state index < -0.39 is 11.9 Å². The Bertz CT molecular complexity index is 751. The SMILES string of the molecule is C[C@H]1[C@H](OC(=O)c2ccccc2)O[C@@H]2C[C@]3(C)CC[C@H]4[C@H](C)CC[C@@H]1[C@@]24OO3. The largest absolute Gasteiger partial charge is 0.432 e. The van der Waals surface area contributed by atoms with Crippen molar-refractivity contribution >= 4 is 5.97 Å². The van der Waals surface area contributed by atoms with Gasteiger partial charge in [-0.1, -0.05) is 32.0 Å². The van der Waals surface area contributed by atoms with Crippen LogP contribution in [0, 0.1) is 23.7 Å². The Morgan fingerprint density at radius 1 is 1.07 bits per heavy atom. The summed E-state index contributed by atoms with van der Waals surface area (Å²) in [5, 5.41) is 0. The van der Waals surface area contributed by atoms with Gasteiger partial charge in [0.15, 0.2) is 0 Å². The Morgan fingerprint density at radius 2 is 1.86 bits per heavy atom. The van der Waals surface area contributed by atoms with Crippen LogP contribution in [0.4, 0.5) is 0 Å². The second kappa shape index (κ2) is 6.54. The first-order valence-electron chi connectivity index (χ1n) is 10.7. The van der Waals surface area contributed by atoms with E-state index in [1.165, 1.54) is 6.42 Å². The lowest BCUT2D eigenvalue weighted by atomic mass is 9.56. The maximum absolute atomic E-state index is 12.7. The number of hydrogen-bond acceptors (Lipinski definition) is 5. The maximum Gasteiger partial charge on any atom is 0.340 e. The zero-order chi connectivity index (χ0) is 19.5. The van der Waals surface area contributed by atoms with Crippen LogP contribution in [0.3, 0.4) is 0 Å². The number of fused-ring (bicyclic) bond motifs is 2. The zero-order valence-electron chi connectivity index (χ0n) is 16.9. The third-order valence-corrected chi connectivity index (χ3v) is 7.87. The minimum atomic E-state index is -0.547. The van der Waals surface area contributed by atoms with Crippen molar-refractivity contribution in [3.05, 3.63) is 35.9 Å². The monoisotopic (exact) mass is 386 g/mol. The van der Waals surface area contributed by atoms with E-state index in [9.17, 15) is 4.79 Å². The minimum absolute atomic E-state index is 0.0602. The van der Waals surface area contributed by atoms with Gasteiger partial charge >= 0.3 is 5.97 Å². The number of esters is 1. The lowest BCUT2D eigenvalue weighted by molar-refractivity contribution is -0.494. The van der Waals surface area contributed by atoms with Gasteiger partial charge in [-0.15, -0.1) is 0 Å². The smallest absolute Gasteiger partial charge is 0.340 e. The van der Waals surface area contributed by atoms with Crippen molar-refractivity contribution in [2.24, 2.45) is 23.7 Å². The summed E-state index contributed by atoms with van der Waals surface area (Å²) in [6.07, 6.45) is 4.46. The fourth-order valence-corrected chi connectivity index (χ4v) is 6.30. The van der Waals surface area contributed by atoms with Crippen LogP contribution in [-0.2, 0) is 19.2 Å². The van der Waals surface area contributed by atoms with E-state index in [-0.39, 0.29) is 29.5 Å². The number of benzene rings is 1. The molecular weight excluding hydrogens is 356 g/mol. The molecule has 0 N–H and O–H groups in total. The molecule has 0 unspecified atom stereocenters. The van der Waals surface area contributed by atoms with Crippen molar-refractivity contribution < 1.29 is 24.0 Å². The van der Waals surface area contributed by atoms with E-state index in [0.29, 0.717) is 17.4 Å². The Morgan fingerprint density at radius 3 is 2.64 bits per heavy atom. The Hall–Kier alpha value is -1.43. The summed E-state index contributed by atoms with van der Waals surface area (Å²) in [5.41, 5.74) is -0.183. The van der Waals surface area contributed by atoms with Gasteiger partial charge in [-0.3, -0.25) is 0 Å². The molecule has 0 aromatic heterocycles. The van der Waals surface area contributed by atoms with E-state index in [1.54, 1.807) is 12.1 Å². The molecule has 5 aliphatic rings. The topological polar surface area (TPSA) is 54.0 Å². The van der Waals surface area contributed by atoms with Crippen LogP contribution in [-0.4, -0.2) is 29.6 Å². The average molecular weight is 386 g/mol. The van der Waals surface area contributed by atoms with Gasteiger partial charge in [0.1, 0.15) is 11.2 Å². The summed E-state index contributed by atoms with van der Waals surface area (Å²) in [7, 11) is 0.